The monoisotopic (exact) mass is 411 g/mol. The van der Waals surface area contributed by atoms with E-state index < -0.39 is 0 Å². The zero-order valence-electron chi connectivity index (χ0n) is 17.8. The maximum Gasteiger partial charge on any atom is 0.272 e. The summed E-state index contributed by atoms with van der Waals surface area (Å²) in [6.07, 6.45) is 0.962. The lowest BCUT2D eigenvalue weighted by Crippen LogP contribution is -2.34. The van der Waals surface area contributed by atoms with E-state index in [2.05, 4.69) is 15.7 Å². The topological polar surface area (TPSA) is 96.3 Å². The van der Waals surface area contributed by atoms with Gasteiger partial charge in [-0.1, -0.05) is 24.3 Å². The van der Waals surface area contributed by atoms with Gasteiger partial charge in [0.25, 0.3) is 11.8 Å². The molecule has 8 nitrogen and oxygen atoms in total. The number of carbonyl (C=O) groups excluding carboxylic acids is 3. The van der Waals surface area contributed by atoms with Gasteiger partial charge in [0, 0.05) is 44.7 Å². The molecule has 0 radical (unpaired) electrons. The molecule has 0 saturated carbocycles. The van der Waals surface area contributed by atoms with Crippen molar-refractivity contribution < 1.29 is 14.4 Å². The average Bonchev–Trinajstić information content (AvgIpc) is 3.06. The number of nitrogens with zero attached hydrogens (tertiary/aromatic N) is 3. The molecule has 2 N–H and O–H groups in total. The molecule has 1 aromatic heterocycles. The molecule has 0 aliphatic carbocycles. The predicted octanol–water partition coefficient (Wildman–Crippen LogP) is 1.88. The van der Waals surface area contributed by atoms with Crippen LogP contribution in [0.2, 0.25) is 0 Å². The van der Waals surface area contributed by atoms with Crippen molar-refractivity contribution in [2.75, 3.05) is 13.1 Å². The van der Waals surface area contributed by atoms with Crippen molar-refractivity contribution in [3.05, 3.63) is 52.8 Å². The number of aromatic nitrogens is 2. The van der Waals surface area contributed by atoms with Gasteiger partial charge in [-0.25, -0.2) is 0 Å². The van der Waals surface area contributed by atoms with Crippen molar-refractivity contribution in [3.8, 4) is 0 Å². The number of carbonyl (C=O) groups is 3. The predicted molar refractivity (Wildman–Crippen MR) is 113 cm³/mol. The Morgan fingerprint density at radius 3 is 2.70 bits per heavy atom. The van der Waals surface area contributed by atoms with Gasteiger partial charge in [-0.2, -0.15) is 5.10 Å². The van der Waals surface area contributed by atoms with Crippen molar-refractivity contribution in [1.82, 2.24) is 25.3 Å². The van der Waals surface area contributed by atoms with Crippen LogP contribution >= 0.6 is 0 Å². The van der Waals surface area contributed by atoms with Crippen LogP contribution in [-0.2, 0) is 17.9 Å². The lowest BCUT2D eigenvalue weighted by atomic mass is 10.1. The molecule has 0 spiro atoms. The van der Waals surface area contributed by atoms with Crippen LogP contribution in [0.4, 0.5) is 0 Å². The molecule has 1 aliphatic heterocycles. The van der Waals surface area contributed by atoms with Gasteiger partial charge < -0.3 is 15.5 Å². The number of aryl methyl sites for hydroxylation is 2. The SMILES string of the molecule is Cc1ccccc1CN1CCCn2nc(C(=O)NCCC(=O)NC(C)C)cc2C1=O. The first-order valence-corrected chi connectivity index (χ1v) is 10.3. The molecule has 1 aliphatic rings. The van der Waals surface area contributed by atoms with Gasteiger partial charge in [-0.3, -0.25) is 19.1 Å². The number of rotatable bonds is 7. The fraction of sp³-hybridized carbons (Fsp3) is 0.455. The smallest absolute Gasteiger partial charge is 0.272 e. The van der Waals surface area contributed by atoms with E-state index in [-0.39, 0.29) is 42.4 Å². The Morgan fingerprint density at radius 1 is 1.20 bits per heavy atom. The number of hydrogen-bond donors (Lipinski definition) is 2. The van der Waals surface area contributed by atoms with Crippen LogP contribution < -0.4 is 10.6 Å². The molecule has 2 heterocycles. The van der Waals surface area contributed by atoms with Gasteiger partial charge in [-0.15, -0.1) is 0 Å². The Bertz CT molecular complexity index is 935. The number of benzene rings is 1. The molecule has 0 fully saturated rings. The molecule has 8 heteroatoms. The molecule has 160 valence electrons. The van der Waals surface area contributed by atoms with Gasteiger partial charge in [0.15, 0.2) is 5.69 Å². The summed E-state index contributed by atoms with van der Waals surface area (Å²) >= 11 is 0. The molecule has 0 bridgehead atoms. The summed E-state index contributed by atoms with van der Waals surface area (Å²) in [6, 6.07) is 9.62. The average molecular weight is 412 g/mol. The van der Waals surface area contributed by atoms with Gasteiger partial charge in [0.1, 0.15) is 5.69 Å². The van der Waals surface area contributed by atoms with Gasteiger partial charge in [-0.05, 0) is 38.3 Å². The number of fused-ring (bicyclic) bond motifs is 1. The van der Waals surface area contributed by atoms with Crippen LogP contribution in [0.5, 0.6) is 0 Å². The highest BCUT2D eigenvalue weighted by molar-refractivity contribution is 5.98. The second kappa shape index (κ2) is 9.56. The zero-order valence-corrected chi connectivity index (χ0v) is 17.8. The Morgan fingerprint density at radius 2 is 1.97 bits per heavy atom. The van der Waals surface area contributed by atoms with E-state index in [9.17, 15) is 14.4 Å². The highest BCUT2D eigenvalue weighted by Crippen LogP contribution is 2.18. The summed E-state index contributed by atoms with van der Waals surface area (Å²) in [6.45, 7) is 7.77. The van der Waals surface area contributed by atoms with E-state index in [0.717, 1.165) is 17.5 Å². The standard InChI is InChI=1S/C22H29N5O3/c1-15(2)24-20(28)9-10-23-21(29)18-13-19-22(30)26(11-6-12-27(19)25-18)14-17-8-5-4-7-16(17)3/h4-5,7-8,13,15H,6,9-12,14H2,1-3H3,(H,23,29)(H,24,28). The van der Waals surface area contributed by atoms with E-state index >= 15 is 0 Å². The summed E-state index contributed by atoms with van der Waals surface area (Å²) in [4.78, 5) is 39.0. The second-order valence-corrected chi connectivity index (χ2v) is 7.87. The normalized spacial score (nSPS) is 13.7. The minimum absolute atomic E-state index is 0.0608. The van der Waals surface area contributed by atoms with Crippen LogP contribution in [0.3, 0.4) is 0 Å². The van der Waals surface area contributed by atoms with Gasteiger partial charge in [0.2, 0.25) is 5.91 Å². The van der Waals surface area contributed by atoms with Crippen molar-refractivity contribution in [2.45, 2.75) is 52.7 Å². The van der Waals surface area contributed by atoms with Crippen LogP contribution in [0.25, 0.3) is 0 Å². The van der Waals surface area contributed by atoms with E-state index in [1.54, 1.807) is 15.6 Å². The fourth-order valence-corrected chi connectivity index (χ4v) is 3.46. The van der Waals surface area contributed by atoms with E-state index in [0.29, 0.717) is 25.3 Å². The highest BCUT2D eigenvalue weighted by atomic mass is 16.2. The van der Waals surface area contributed by atoms with E-state index in [1.165, 1.54) is 0 Å². The van der Waals surface area contributed by atoms with Crippen molar-refractivity contribution >= 4 is 17.7 Å². The van der Waals surface area contributed by atoms with Crippen LogP contribution in [-0.4, -0.2) is 51.5 Å². The minimum atomic E-state index is -0.383. The summed E-state index contributed by atoms with van der Waals surface area (Å²) in [5.74, 6) is -0.627. The third kappa shape index (κ3) is 5.25. The summed E-state index contributed by atoms with van der Waals surface area (Å²) < 4.78 is 1.61. The minimum Gasteiger partial charge on any atom is -0.354 e. The highest BCUT2D eigenvalue weighted by Gasteiger charge is 2.26. The quantitative estimate of drug-likeness (QED) is 0.727. The summed E-state index contributed by atoms with van der Waals surface area (Å²) in [5, 5.41) is 9.80. The van der Waals surface area contributed by atoms with Gasteiger partial charge in [0.05, 0.1) is 0 Å². The molecule has 1 aromatic carbocycles. The molecule has 0 atom stereocenters. The molecule has 2 aromatic rings. The van der Waals surface area contributed by atoms with Gasteiger partial charge >= 0.3 is 0 Å². The lowest BCUT2D eigenvalue weighted by Gasteiger charge is -2.21. The van der Waals surface area contributed by atoms with Crippen molar-refractivity contribution in [1.29, 1.82) is 0 Å². The number of amides is 3. The molecular formula is C22H29N5O3. The van der Waals surface area contributed by atoms with Crippen molar-refractivity contribution in [2.24, 2.45) is 0 Å². The lowest BCUT2D eigenvalue weighted by molar-refractivity contribution is -0.121. The Hall–Kier alpha value is -3.16. The molecule has 0 unspecified atom stereocenters. The summed E-state index contributed by atoms with van der Waals surface area (Å²) in [5.41, 5.74) is 2.87. The molecule has 0 saturated heterocycles. The maximum atomic E-state index is 13.1. The Labute approximate surface area is 176 Å². The molecular weight excluding hydrogens is 382 g/mol. The number of nitrogens with one attached hydrogen (secondary N) is 2. The first kappa shape index (κ1) is 21.5. The van der Waals surface area contributed by atoms with Crippen LogP contribution in [0, 0.1) is 6.92 Å². The first-order chi connectivity index (χ1) is 14.3. The molecule has 3 rings (SSSR count). The maximum absolute atomic E-state index is 13.1. The van der Waals surface area contributed by atoms with Crippen LogP contribution in [0.15, 0.2) is 30.3 Å². The molecule has 3 amide bonds. The largest absolute Gasteiger partial charge is 0.354 e. The third-order valence-corrected chi connectivity index (χ3v) is 5.03. The first-order valence-electron chi connectivity index (χ1n) is 10.3. The number of hydrogen-bond acceptors (Lipinski definition) is 4. The van der Waals surface area contributed by atoms with E-state index in [4.69, 9.17) is 0 Å². The Balaban J connectivity index is 1.65. The van der Waals surface area contributed by atoms with Crippen LogP contribution in [0.1, 0.15) is 58.8 Å². The zero-order chi connectivity index (χ0) is 21.7. The molecule has 30 heavy (non-hydrogen) atoms. The fourth-order valence-electron chi connectivity index (χ4n) is 3.46. The summed E-state index contributed by atoms with van der Waals surface area (Å²) in [7, 11) is 0. The Kier molecular flexibility index (Phi) is 6.87. The van der Waals surface area contributed by atoms with Crippen molar-refractivity contribution in [3.63, 3.8) is 0 Å². The van der Waals surface area contributed by atoms with E-state index in [1.807, 2.05) is 45.0 Å². The third-order valence-electron chi connectivity index (χ3n) is 5.03. The second-order valence-electron chi connectivity index (χ2n) is 7.87.